The summed E-state index contributed by atoms with van der Waals surface area (Å²) in [6.07, 6.45) is 3.63. The second kappa shape index (κ2) is 7.26. The van der Waals surface area contributed by atoms with Gasteiger partial charge < -0.3 is 9.26 Å². The summed E-state index contributed by atoms with van der Waals surface area (Å²) in [5, 5.41) is 3.10. The Bertz CT molecular complexity index is 1040. The number of esters is 1. The van der Waals surface area contributed by atoms with Crippen molar-refractivity contribution in [1.82, 2.24) is 5.16 Å². The molecule has 1 heterocycles. The van der Waals surface area contributed by atoms with E-state index in [9.17, 15) is 18.0 Å². The number of rotatable bonds is 6. The van der Waals surface area contributed by atoms with Crippen LogP contribution in [0.25, 0.3) is 0 Å². The van der Waals surface area contributed by atoms with Crippen LogP contribution in [0, 0.1) is 0 Å². The molecular weight excluding hydrogens is 417 g/mol. The average Bonchev–Trinajstić information content (AvgIpc) is 3.31. The highest BCUT2D eigenvalue weighted by Crippen LogP contribution is 2.47. The summed E-state index contributed by atoms with van der Waals surface area (Å²) in [6.45, 7) is 1.71. The number of nitrogens with zero attached hydrogens (tertiary/aromatic N) is 1. The third-order valence-corrected chi connectivity index (χ3v) is 6.27. The van der Waals surface area contributed by atoms with Crippen molar-refractivity contribution in [2.24, 2.45) is 0 Å². The van der Waals surface area contributed by atoms with Crippen LogP contribution in [0.15, 0.2) is 21.7 Å². The molecule has 0 amide bonds. The largest absolute Gasteiger partial charge is 0.461 e. The van der Waals surface area contributed by atoms with E-state index in [0.29, 0.717) is 5.56 Å². The molecule has 1 saturated carbocycles. The molecule has 1 fully saturated rings. The quantitative estimate of drug-likeness (QED) is 0.507. The first kappa shape index (κ1) is 19.9. The van der Waals surface area contributed by atoms with Crippen LogP contribution in [0.1, 0.15) is 57.7 Å². The predicted molar refractivity (Wildman–Crippen MR) is 97.4 cm³/mol. The lowest BCUT2D eigenvalue weighted by Gasteiger charge is -2.14. The number of hydrogen-bond donors (Lipinski definition) is 0. The average molecular weight is 432 g/mol. The van der Waals surface area contributed by atoms with E-state index in [4.69, 9.17) is 32.5 Å². The Morgan fingerprint density at radius 2 is 1.93 bits per heavy atom. The van der Waals surface area contributed by atoms with Crippen molar-refractivity contribution >= 4 is 44.8 Å². The summed E-state index contributed by atoms with van der Waals surface area (Å²) in [5.74, 6) is -1.48. The Morgan fingerprint density at radius 3 is 2.48 bits per heavy atom. The summed E-state index contributed by atoms with van der Waals surface area (Å²) in [5.41, 5.74) is 0.00331. The van der Waals surface area contributed by atoms with Gasteiger partial charge in [-0.05, 0) is 37.3 Å². The maximum atomic E-state index is 13.0. The molecule has 7 nitrogen and oxygen atoms in total. The van der Waals surface area contributed by atoms with Crippen LogP contribution in [0.2, 0.25) is 10.0 Å². The van der Waals surface area contributed by atoms with Gasteiger partial charge in [0, 0.05) is 11.8 Å². The van der Waals surface area contributed by atoms with Crippen LogP contribution in [0.5, 0.6) is 0 Å². The van der Waals surface area contributed by atoms with E-state index in [2.05, 4.69) is 5.16 Å². The SMILES string of the molecule is CCOC(=O)c1nocc1C(=O)c1cc(C2CC2)c(S(C)(=O)=O)c(Cl)c1Cl. The van der Waals surface area contributed by atoms with Crippen LogP contribution < -0.4 is 0 Å². The summed E-state index contributed by atoms with van der Waals surface area (Å²) >= 11 is 12.4. The summed E-state index contributed by atoms with van der Waals surface area (Å²) in [4.78, 5) is 24.8. The number of benzene rings is 1. The zero-order valence-corrected chi connectivity index (χ0v) is 16.7. The van der Waals surface area contributed by atoms with E-state index in [1.165, 1.54) is 6.07 Å². The first-order chi connectivity index (χ1) is 12.7. The Labute approximate surface area is 165 Å². The van der Waals surface area contributed by atoms with E-state index in [0.717, 1.165) is 25.4 Å². The Kier molecular flexibility index (Phi) is 5.33. The van der Waals surface area contributed by atoms with E-state index < -0.39 is 21.6 Å². The van der Waals surface area contributed by atoms with Crippen molar-refractivity contribution in [2.45, 2.75) is 30.6 Å². The Morgan fingerprint density at radius 1 is 1.26 bits per heavy atom. The molecule has 1 aromatic carbocycles. The van der Waals surface area contributed by atoms with Gasteiger partial charge in [0.05, 0.1) is 27.1 Å². The second-order valence-corrected chi connectivity index (χ2v) is 8.85. The fraction of sp³-hybridized carbons (Fsp3) is 0.353. The Balaban J connectivity index is 2.15. The van der Waals surface area contributed by atoms with Crippen molar-refractivity contribution in [1.29, 1.82) is 0 Å². The van der Waals surface area contributed by atoms with Gasteiger partial charge in [-0.1, -0.05) is 28.4 Å². The summed E-state index contributed by atoms with van der Waals surface area (Å²) < 4.78 is 33.9. The van der Waals surface area contributed by atoms with E-state index in [-0.39, 0.29) is 44.3 Å². The first-order valence-electron chi connectivity index (χ1n) is 8.04. The van der Waals surface area contributed by atoms with Crippen LogP contribution in [0.3, 0.4) is 0 Å². The van der Waals surface area contributed by atoms with Crippen molar-refractivity contribution in [3.05, 3.63) is 44.8 Å². The number of aromatic nitrogens is 1. The van der Waals surface area contributed by atoms with Gasteiger partial charge >= 0.3 is 5.97 Å². The van der Waals surface area contributed by atoms with Crippen LogP contribution in [-0.4, -0.2) is 38.2 Å². The first-order valence-corrected chi connectivity index (χ1v) is 10.7. The molecule has 1 aliphatic rings. The maximum Gasteiger partial charge on any atom is 0.361 e. The van der Waals surface area contributed by atoms with Gasteiger partial charge in [-0.2, -0.15) is 0 Å². The van der Waals surface area contributed by atoms with Crippen molar-refractivity contribution in [2.75, 3.05) is 12.9 Å². The van der Waals surface area contributed by atoms with E-state index in [1.807, 2.05) is 0 Å². The number of ketones is 1. The fourth-order valence-electron chi connectivity index (χ4n) is 2.76. The lowest BCUT2D eigenvalue weighted by molar-refractivity contribution is 0.0512. The fourth-order valence-corrected chi connectivity index (χ4v) is 4.76. The number of ether oxygens (including phenoxy) is 1. The lowest BCUT2D eigenvalue weighted by Crippen LogP contribution is -2.13. The molecule has 2 aromatic rings. The van der Waals surface area contributed by atoms with Crippen molar-refractivity contribution < 1.29 is 27.3 Å². The number of sulfone groups is 1. The highest BCUT2D eigenvalue weighted by molar-refractivity contribution is 7.90. The van der Waals surface area contributed by atoms with Gasteiger partial charge in [-0.15, -0.1) is 0 Å². The third-order valence-electron chi connectivity index (χ3n) is 4.11. The molecule has 0 spiro atoms. The van der Waals surface area contributed by atoms with Gasteiger partial charge in [0.2, 0.25) is 5.69 Å². The van der Waals surface area contributed by atoms with Gasteiger partial charge in [0.1, 0.15) is 6.26 Å². The molecule has 1 aromatic heterocycles. The second-order valence-electron chi connectivity index (χ2n) is 6.14. The normalized spacial score (nSPS) is 14.2. The highest BCUT2D eigenvalue weighted by Gasteiger charge is 2.35. The minimum atomic E-state index is -3.65. The Hall–Kier alpha value is -1.90. The van der Waals surface area contributed by atoms with Crippen LogP contribution >= 0.6 is 23.2 Å². The minimum Gasteiger partial charge on any atom is -0.461 e. The molecule has 27 heavy (non-hydrogen) atoms. The molecule has 3 rings (SSSR count). The summed E-state index contributed by atoms with van der Waals surface area (Å²) in [6, 6.07) is 1.42. The molecule has 0 aliphatic heterocycles. The predicted octanol–water partition coefficient (Wildman–Crippen LogP) is 3.67. The van der Waals surface area contributed by atoms with Crippen LogP contribution in [-0.2, 0) is 14.6 Å². The standard InChI is InChI=1S/C17H15Cl2NO6S/c1-3-25-17(22)14-11(7-26-20-14)15(21)10-6-9(8-4-5-8)16(27(2,23)24)13(19)12(10)18/h6-8H,3-5H2,1-2H3. The van der Waals surface area contributed by atoms with Gasteiger partial charge in [0.15, 0.2) is 15.6 Å². The number of hydrogen-bond acceptors (Lipinski definition) is 7. The number of halogens is 2. The third kappa shape index (κ3) is 3.74. The smallest absolute Gasteiger partial charge is 0.361 e. The molecule has 0 bridgehead atoms. The zero-order valence-electron chi connectivity index (χ0n) is 14.4. The van der Waals surface area contributed by atoms with E-state index in [1.54, 1.807) is 6.92 Å². The summed E-state index contributed by atoms with van der Waals surface area (Å²) in [7, 11) is -3.65. The molecule has 144 valence electrons. The zero-order chi connectivity index (χ0) is 19.9. The molecule has 0 N–H and O–H groups in total. The van der Waals surface area contributed by atoms with Crippen LogP contribution in [0.4, 0.5) is 0 Å². The molecule has 0 radical (unpaired) electrons. The molecule has 10 heteroatoms. The molecule has 0 unspecified atom stereocenters. The topological polar surface area (TPSA) is 104 Å². The molecule has 0 saturated heterocycles. The molecule has 1 aliphatic carbocycles. The van der Waals surface area contributed by atoms with Gasteiger partial charge in [0.25, 0.3) is 0 Å². The van der Waals surface area contributed by atoms with Crippen molar-refractivity contribution in [3.8, 4) is 0 Å². The van der Waals surface area contributed by atoms with Crippen molar-refractivity contribution in [3.63, 3.8) is 0 Å². The lowest BCUT2D eigenvalue weighted by atomic mass is 9.99. The highest BCUT2D eigenvalue weighted by atomic mass is 35.5. The maximum absolute atomic E-state index is 13.0. The van der Waals surface area contributed by atoms with Gasteiger partial charge in [-0.25, -0.2) is 13.2 Å². The molecular formula is C17H15Cl2NO6S. The van der Waals surface area contributed by atoms with Gasteiger partial charge in [-0.3, -0.25) is 4.79 Å². The number of carbonyl (C=O) groups is 2. The minimum absolute atomic E-state index is 0.0111. The monoisotopic (exact) mass is 431 g/mol. The number of carbonyl (C=O) groups excluding carboxylic acids is 2. The van der Waals surface area contributed by atoms with E-state index >= 15 is 0 Å². The molecule has 0 atom stereocenters.